The van der Waals surface area contributed by atoms with Crippen LogP contribution in [0.25, 0.3) is 0 Å². The zero-order chi connectivity index (χ0) is 11.0. The summed E-state index contributed by atoms with van der Waals surface area (Å²) in [5, 5.41) is 0. The molecule has 0 N–H and O–H groups in total. The van der Waals surface area contributed by atoms with Crippen molar-refractivity contribution in [3.63, 3.8) is 0 Å². The van der Waals surface area contributed by atoms with Crippen LogP contribution in [0.3, 0.4) is 0 Å². The average molecular weight is 216 g/mol. The van der Waals surface area contributed by atoms with E-state index in [0.717, 1.165) is 0 Å². The highest BCUT2D eigenvalue weighted by Gasteiger charge is 2.14. The van der Waals surface area contributed by atoms with E-state index in [1.165, 1.54) is 13.8 Å². The first-order chi connectivity index (χ1) is 6.64. The summed E-state index contributed by atoms with van der Waals surface area (Å²) in [5.74, 6) is 0.560. The van der Waals surface area contributed by atoms with Crippen LogP contribution in [-0.2, 0) is 9.09 Å². The summed E-state index contributed by atoms with van der Waals surface area (Å²) >= 11 is 0. The van der Waals surface area contributed by atoms with Crippen LogP contribution in [0.5, 0.6) is 5.75 Å². The van der Waals surface area contributed by atoms with Crippen molar-refractivity contribution in [1.29, 1.82) is 0 Å². The van der Waals surface area contributed by atoms with E-state index < -0.39 is 7.60 Å². The summed E-state index contributed by atoms with van der Waals surface area (Å²) < 4.78 is 21.1. The molecule has 0 radical (unpaired) electrons. The molecule has 0 fully saturated rings. The largest absolute Gasteiger partial charge is 0.425 e. The van der Waals surface area contributed by atoms with Gasteiger partial charge >= 0.3 is 7.60 Å². The van der Waals surface area contributed by atoms with Crippen molar-refractivity contribution in [2.24, 2.45) is 0 Å². The first-order valence-corrected chi connectivity index (χ1v) is 6.51. The molecule has 0 amide bonds. The molecule has 0 aliphatic rings. The van der Waals surface area contributed by atoms with Crippen LogP contribution in [0, 0.1) is 0 Å². The lowest BCUT2D eigenvalue weighted by atomic mass is 10.3. The van der Waals surface area contributed by atoms with Gasteiger partial charge in [-0.3, -0.25) is 0 Å². The molecule has 14 heavy (non-hydrogen) atoms. The third-order valence-corrected chi connectivity index (χ3v) is 2.55. The fraction of sp³-hybridized carbons (Fsp3) is 0.400. The van der Waals surface area contributed by atoms with E-state index in [1.54, 1.807) is 12.1 Å². The van der Waals surface area contributed by atoms with Gasteiger partial charge in [0.25, 0.3) is 0 Å². The molecule has 3 nitrogen and oxygen atoms in total. The lowest BCUT2D eigenvalue weighted by Gasteiger charge is -2.11. The van der Waals surface area contributed by atoms with Gasteiger partial charge in [-0.25, -0.2) is 4.57 Å². The minimum Gasteiger partial charge on any atom is -0.425 e. The molecule has 0 aliphatic carbocycles. The Morgan fingerprint density at radius 3 is 2.07 bits per heavy atom. The van der Waals surface area contributed by atoms with E-state index in [9.17, 15) is 4.57 Å². The summed E-state index contributed by atoms with van der Waals surface area (Å²) in [6.07, 6.45) is 0. The molecule has 0 saturated heterocycles. The molecular weight excluding hydrogens is 199 g/mol. The predicted molar refractivity (Wildman–Crippen MR) is 59.0 cm³/mol. The van der Waals surface area contributed by atoms with Gasteiger partial charge in [0, 0.05) is 13.8 Å². The number of hydrogen-bond acceptors (Lipinski definition) is 3. The maximum atomic E-state index is 11.3. The zero-order valence-electron chi connectivity index (χ0n) is 9.06. The average Bonchev–Trinajstić information content (AvgIpc) is 2.22. The fourth-order valence-corrected chi connectivity index (χ4v) is 1.29. The molecule has 0 saturated carbocycles. The molecule has 0 heterocycles. The highest BCUT2D eigenvalue weighted by molar-refractivity contribution is 7.53. The molecule has 4 heteroatoms. The Labute approximate surface area is 85.6 Å². The second-order valence-electron chi connectivity index (χ2n) is 2.36. The minimum absolute atomic E-state index is 0.560. The normalized spacial score (nSPS) is 13.4. The first kappa shape index (κ1) is 13.2. The number of benzene rings is 1. The maximum Gasteiger partial charge on any atom is 0.375 e. The van der Waals surface area contributed by atoms with Crippen LogP contribution in [0.15, 0.2) is 30.3 Å². The molecule has 0 bridgehead atoms. The number of para-hydroxylation sites is 1. The smallest absolute Gasteiger partial charge is 0.375 e. The van der Waals surface area contributed by atoms with Gasteiger partial charge in [-0.2, -0.15) is 0 Å². The SMILES string of the molecule is CC.COP(C)(=O)Oc1ccccc1. The Balaban J connectivity index is 0.000000791. The van der Waals surface area contributed by atoms with Crippen LogP contribution in [0.2, 0.25) is 0 Å². The van der Waals surface area contributed by atoms with E-state index in [0.29, 0.717) is 5.75 Å². The van der Waals surface area contributed by atoms with Crippen molar-refractivity contribution >= 4 is 7.60 Å². The zero-order valence-corrected chi connectivity index (χ0v) is 9.95. The van der Waals surface area contributed by atoms with Crippen LogP contribution in [0.1, 0.15) is 13.8 Å². The molecule has 0 spiro atoms. The van der Waals surface area contributed by atoms with Crippen molar-refractivity contribution in [2.45, 2.75) is 13.8 Å². The van der Waals surface area contributed by atoms with E-state index >= 15 is 0 Å². The van der Waals surface area contributed by atoms with Gasteiger partial charge < -0.3 is 9.05 Å². The van der Waals surface area contributed by atoms with Gasteiger partial charge in [0.05, 0.1) is 0 Å². The predicted octanol–water partition coefficient (Wildman–Crippen LogP) is 3.56. The van der Waals surface area contributed by atoms with Gasteiger partial charge in [-0.1, -0.05) is 32.0 Å². The summed E-state index contributed by atoms with van der Waals surface area (Å²) in [6, 6.07) is 8.95. The van der Waals surface area contributed by atoms with Crippen LogP contribution < -0.4 is 4.52 Å². The van der Waals surface area contributed by atoms with Crippen LogP contribution in [-0.4, -0.2) is 13.8 Å². The molecule has 80 valence electrons. The fourth-order valence-electron chi connectivity index (χ4n) is 0.710. The molecule has 1 aromatic carbocycles. The molecule has 0 aliphatic heterocycles. The van der Waals surface area contributed by atoms with Crippen molar-refractivity contribution in [1.82, 2.24) is 0 Å². The lowest BCUT2D eigenvalue weighted by molar-refractivity contribution is 0.328. The standard InChI is InChI=1S/C8H11O3P.C2H6/c1-10-12(2,9)11-8-6-4-3-5-7-8;1-2/h3-7H,1-2H3;1-2H3. The molecule has 1 aromatic rings. The maximum absolute atomic E-state index is 11.3. The summed E-state index contributed by atoms with van der Waals surface area (Å²) in [5.41, 5.74) is 0. The summed E-state index contributed by atoms with van der Waals surface area (Å²) in [4.78, 5) is 0. The molecule has 1 rings (SSSR count). The highest BCUT2D eigenvalue weighted by Crippen LogP contribution is 2.42. The number of rotatable bonds is 3. The van der Waals surface area contributed by atoms with Gasteiger partial charge in [0.15, 0.2) is 0 Å². The second-order valence-corrected chi connectivity index (χ2v) is 4.45. The monoisotopic (exact) mass is 216 g/mol. The summed E-state index contributed by atoms with van der Waals surface area (Å²) in [6.45, 7) is 5.43. The Kier molecular flexibility index (Phi) is 6.26. The van der Waals surface area contributed by atoms with Crippen molar-refractivity contribution < 1.29 is 13.6 Å². The van der Waals surface area contributed by atoms with E-state index in [-0.39, 0.29) is 0 Å². The Bertz CT molecular complexity index is 285. The van der Waals surface area contributed by atoms with E-state index in [2.05, 4.69) is 4.52 Å². The van der Waals surface area contributed by atoms with Crippen molar-refractivity contribution in [2.75, 3.05) is 13.8 Å². The minimum atomic E-state index is -2.90. The van der Waals surface area contributed by atoms with Crippen molar-refractivity contribution in [3.8, 4) is 5.75 Å². The number of hydrogen-bond donors (Lipinski definition) is 0. The lowest BCUT2D eigenvalue weighted by Crippen LogP contribution is -1.92. The third-order valence-electron chi connectivity index (χ3n) is 1.35. The second kappa shape index (κ2) is 6.63. The van der Waals surface area contributed by atoms with Gasteiger partial charge in [-0.15, -0.1) is 0 Å². The van der Waals surface area contributed by atoms with Gasteiger partial charge in [-0.05, 0) is 12.1 Å². The highest BCUT2D eigenvalue weighted by atomic mass is 31.2. The van der Waals surface area contributed by atoms with Crippen LogP contribution >= 0.6 is 7.60 Å². The Morgan fingerprint density at radius 2 is 1.64 bits per heavy atom. The molecule has 1 unspecified atom stereocenters. The quantitative estimate of drug-likeness (QED) is 0.724. The van der Waals surface area contributed by atoms with E-state index in [1.807, 2.05) is 32.0 Å². The third kappa shape index (κ3) is 5.05. The molecular formula is C10H17O3P. The molecule has 1 atom stereocenters. The Hall–Kier alpha value is -0.790. The van der Waals surface area contributed by atoms with Gasteiger partial charge in [0.1, 0.15) is 5.75 Å². The van der Waals surface area contributed by atoms with Gasteiger partial charge in [0.2, 0.25) is 0 Å². The van der Waals surface area contributed by atoms with Crippen LogP contribution in [0.4, 0.5) is 0 Å². The van der Waals surface area contributed by atoms with Crippen molar-refractivity contribution in [3.05, 3.63) is 30.3 Å². The van der Waals surface area contributed by atoms with E-state index in [4.69, 9.17) is 4.52 Å². The Morgan fingerprint density at radius 1 is 1.14 bits per heavy atom. The topological polar surface area (TPSA) is 35.5 Å². The first-order valence-electron chi connectivity index (χ1n) is 4.52. The molecule has 0 aromatic heterocycles. The summed E-state index contributed by atoms with van der Waals surface area (Å²) in [7, 11) is -1.53.